The summed E-state index contributed by atoms with van der Waals surface area (Å²) >= 11 is 0. The number of benzene rings is 3. The zero-order chi connectivity index (χ0) is 14.8. The van der Waals surface area contributed by atoms with Crippen molar-refractivity contribution in [3.63, 3.8) is 0 Å². The van der Waals surface area contributed by atoms with E-state index in [4.69, 9.17) is 0 Å². The van der Waals surface area contributed by atoms with Gasteiger partial charge in [-0.2, -0.15) is 0 Å². The van der Waals surface area contributed by atoms with Crippen LogP contribution in [0.15, 0.2) is 60.7 Å². The first-order valence-corrected chi connectivity index (χ1v) is 7.19. The van der Waals surface area contributed by atoms with Gasteiger partial charge >= 0.3 is 0 Å². The fourth-order valence-electron chi connectivity index (χ4n) is 2.60. The van der Waals surface area contributed by atoms with Gasteiger partial charge < -0.3 is 10.4 Å². The van der Waals surface area contributed by atoms with Crippen LogP contribution in [0.5, 0.6) is 5.75 Å². The molecule has 0 amide bonds. The molecule has 0 bridgehead atoms. The quantitative estimate of drug-likeness (QED) is 0.704. The lowest BCUT2D eigenvalue weighted by atomic mass is 10.0. The van der Waals surface area contributed by atoms with Crippen LogP contribution < -0.4 is 5.32 Å². The van der Waals surface area contributed by atoms with Crippen LogP contribution in [0.25, 0.3) is 10.8 Å². The van der Waals surface area contributed by atoms with Gasteiger partial charge in [0.05, 0.1) is 6.04 Å². The van der Waals surface area contributed by atoms with Crippen LogP contribution in [0.3, 0.4) is 0 Å². The number of rotatable bonds is 3. The second-order valence-corrected chi connectivity index (χ2v) is 5.46. The summed E-state index contributed by atoms with van der Waals surface area (Å²) in [5.41, 5.74) is 3.21. The van der Waals surface area contributed by atoms with Gasteiger partial charge in [-0.1, -0.05) is 54.1 Å². The molecule has 0 saturated carbocycles. The Hall–Kier alpha value is -2.48. The highest BCUT2D eigenvalue weighted by Crippen LogP contribution is 2.33. The number of phenols is 1. The van der Waals surface area contributed by atoms with Crippen molar-refractivity contribution in [2.75, 3.05) is 5.32 Å². The maximum absolute atomic E-state index is 10.5. The molecule has 1 unspecified atom stereocenters. The zero-order valence-corrected chi connectivity index (χ0v) is 12.3. The van der Waals surface area contributed by atoms with Gasteiger partial charge in [-0.25, -0.2) is 0 Å². The third kappa shape index (κ3) is 2.70. The molecule has 1 atom stereocenters. The highest BCUT2D eigenvalue weighted by molar-refractivity contribution is 5.89. The normalized spacial score (nSPS) is 12.3. The molecule has 2 heteroatoms. The van der Waals surface area contributed by atoms with Crippen molar-refractivity contribution in [3.8, 4) is 5.75 Å². The van der Waals surface area contributed by atoms with Gasteiger partial charge in [0.1, 0.15) is 5.75 Å². The SMILES string of the molecule is Cc1ccc(NC(C)c2ccc3ccccc3c2O)cc1. The first kappa shape index (κ1) is 13.5. The fourth-order valence-corrected chi connectivity index (χ4v) is 2.60. The Labute approximate surface area is 125 Å². The first-order chi connectivity index (χ1) is 10.1. The highest BCUT2D eigenvalue weighted by atomic mass is 16.3. The summed E-state index contributed by atoms with van der Waals surface area (Å²) in [5, 5.41) is 15.9. The Morgan fingerprint density at radius 2 is 1.62 bits per heavy atom. The molecule has 0 spiro atoms. The summed E-state index contributed by atoms with van der Waals surface area (Å²) in [6.45, 7) is 4.13. The van der Waals surface area contributed by atoms with Gasteiger partial charge in [0.25, 0.3) is 0 Å². The molecule has 0 fully saturated rings. The van der Waals surface area contributed by atoms with E-state index < -0.39 is 0 Å². The molecule has 21 heavy (non-hydrogen) atoms. The van der Waals surface area contributed by atoms with Crippen LogP contribution >= 0.6 is 0 Å². The fraction of sp³-hybridized carbons (Fsp3) is 0.158. The maximum Gasteiger partial charge on any atom is 0.128 e. The highest BCUT2D eigenvalue weighted by Gasteiger charge is 2.12. The van der Waals surface area contributed by atoms with Crippen molar-refractivity contribution in [2.45, 2.75) is 19.9 Å². The minimum Gasteiger partial charge on any atom is -0.507 e. The average Bonchev–Trinajstić information content (AvgIpc) is 2.50. The largest absolute Gasteiger partial charge is 0.507 e. The lowest BCUT2D eigenvalue weighted by molar-refractivity contribution is 0.472. The minimum absolute atomic E-state index is 0.0392. The monoisotopic (exact) mass is 277 g/mol. The molecular weight excluding hydrogens is 258 g/mol. The van der Waals surface area contributed by atoms with Crippen molar-refractivity contribution in [1.82, 2.24) is 0 Å². The molecule has 0 heterocycles. The van der Waals surface area contributed by atoms with Crippen molar-refractivity contribution in [2.24, 2.45) is 0 Å². The maximum atomic E-state index is 10.5. The molecule has 0 aliphatic carbocycles. The van der Waals surface area contributed by atoms with Crippen molar-refractivity contribution < 1.29 is 5.11 Å². The van der Waals surface area contributed by atoms with Crippen LogP contribution in [0.1, 0.15) is 24.1 Å². The second kappa shape index (κ2) is 5.49. The summed E-state index contributed by atoms with van der Waals surface area (Å²) in [4.78, 5) is 0. The van der Waals surface area contributed by atoms with E-state index in [9.17, 15) is 5.11 Å². The molecule has 3 rings (SSSR count). The van der Waals surface area contributed by atoms with Gasteiger partial charge in [0.2, 0.25) is 0 Å². The second-order valence-electron chi connectivity index (χ2n) is 5.46. The Morgan fingerprint density at radius 1 is 0.905 bits per heavy atom. The predicted octanol–water partition coefficient (Wildman–Crippen LogP) is 5.03. The van der Waals surface area contributed by atoms with Gasteiger partial charge in [0, 0.05) is 16.6 Å². The zero-order valence-electron chi connectivity index (χ0n) is 12.3. The average molecular weight is 277 g/mol. The molecule has 106 valence electrons. The minimum atomic E-state index is 0.0392. The van der Waals surface area contributed by atoms with Crippen molar-refractivity contribution >= 4 is 16.5 Å². The smallest absolute Gasteiger partial charge is 0.128 e. The van der Waals surface area contributed by atoms with Crippen LogP contribution in [0.4, 0.5) is 5.69 Å². The number of hydrogen-bond donors (Lipinski definition) is 2. The number of nitrogens with one attached hydrogen (secondary N) is 1. The van der Waals surface area contributed by atoms with Crippen LogP contribution in [-0.4, -0.2) is 5.11 Å². The molecule has 0 aliphatic rings. The molecule has 0 saturated heterocycles. The van der Waals surface area contributed by atoms with Crippen LogP contribution in [-0.2, 0) is 0 Å². The third-order valence-electron chi connectivity index (χ3n) is 3.83. The Morgan fingerprint density at radius 3 is 2.38 bits per heavy atom. The topological polar surface area (TPSA) is 32.3 Å². The number of aromatic hydroxyl groups is 1. The van der Waals surface area contributed by atoms with Gasteiger partial charge in [-0.05, 0) is 31.4 Å². The summed E-state index contributed by atoms with van der Waals surface area (Å²) in [6.07, 6.45) is 0. The number of hydrogen-bond acceptors (Lipinski definition) is 2. The summed E-state index contributed by atoms with van der Waals surface area (Å²) in [5.74, 6) is 0.361. The molecule has 2 nitrogen and oxygen atoms in total. The van der Waals surface area contributed by atoms with E-state index >= 15 is 0 Å². The van der Waals surface area contributed by atoms with E-state index in [-0.39, 0.29) is 6.04 Å². The summed E-state index contributed by atoms with van der Waals surface area (Å²) in [7, 11) is 0. The molecule has 0 aromatic heterocycles. The van der Waals surface area contributed by atoms with Crippen LogP contribution in [0.2, 0.25) is 0 Å². The standard InChI is InChI=1S/C19H19NO/c1-13-7-10-16(11-8-13)20-14(2)17-12-9-15-5-3-4-6-18(15)19(17)21/h3-12,14,20-21H,1-2H3. The molecule has 2 N–H and O–H groups in total. The lowest BCUT2D eigenvalue weighted by Crippen LogP contribution is -2.06. The first-order valence-electron chi connectivity index (χ1n) is 7.19. The van der Waals surface area contributed by atoms with Crippen molar-refractivity contribution in [3.05, 3.63) is 71.8 Å². The third-order valence-corrected chi connectivity index (χ3v) is 3.83. The van der Waals surface area contributed by atoms with Gasteiger partial charge in [-0.3, -0.25) is 0 Å². The predicted molar refractivity (Wildman–Crippen MR) is 88.8 cm³/mol. The number of aryl methyl sites for hydroxylation is 1. The Kier molecular flexibility index (Phi) is 3.53. The molecule has 3 aromatic carbocycles. The van der Waals surface area contributed by atoms with E-state index in [1.165, 1.54) is 5.56 Å². The summed E-state index contributed by atoms with van der Waals surface area (Å²) in [6, 6.07) is 20.3. The lowest BCUT2D eigenvalue weighted by Gasteiger charge is -2.18. The van der Waals surface area contributed by atoms with Crippen LogP contribution in [0, 0.1) is 6.92 Å². The Balaban J connectivity index is 1.92. The van der Waals surface area contributed by atoms with E-state index in [0.717, 1.165) is 22.0 Å². The van der Waals surface area contributed by atoms with Gasteiger partial charge in [-0.15, -0.1) is 0 Å². The van der Waals surface area contributed by atoms with E-state index in [0.29, 0.717) is 5.75 Å². The molecule has 0 radical (unpaired) electrons. The number of anilines is 1. The van der Waals surface area contributed by atoms with Crippen molar-refractivity contribution in [1.29, 1.82) is 0 Å². The summed E-state index contributed by atoms with van der Waals surface area (Å²) < 4.78 is 0. The van der Waals surface area contributed by atoms with E-state index in [1.54, 1.807) is 0 Å². The number of fused-ring (bicyclic) bond motifs is 1. The molecule has 3 aromatic rings. The Bertz CT molecular complexity index is 762. The van der Waals surface area contributed by atoms with Gasteiger partial charge in [0.15, 0.2) is 0 Å². The molecular formula is C19H19NO. The van der Waals surface area contributed by atoms with E-state index in [1.807, 2.05) is 30.3 Å². The van der Waals surface area contributed by atoms with E-state index in [2.05, 4.69) is 49.5 Å². The molecule has 0 aliphatic heterocycles. The number of phenolic OH excluding ortho intramolecular Hbond substituents is 1.